The summed E-state index contributed by atoms with van der Waals surface area (Å²) in [5.74, 6) is -1.86. The molecule has 2 unspecified atom stereocenters. The predicted octanol–water partition coefficient (Wildman–Crippen LogP) is 5.19. The Morgan fingerprint density at radius 1 is 0.960 bits per heavy atom. The fourth-order valence-electron chi connectivity index (χ4n) is 3.13. The zero-order valence-electron chi connectivity index (χ0n) is 15.4. The number of hydrogen-bond donors (Lipinski definition) is 0. The van der Waals surface area contributed by atoms with Crippen molar-refractivity contribution < 1.29 is 14.4 Å². The van der Waals surface area contributed by atoms with E-state index in [2.05, 4.69) is 6.92 Å². The van der Waals surface area contributed by atoms with Crippen molar-refractivity contribution in [2.45, 2.75) is 77.0 Å². The van der Waals surface area contributed by atoms with Crippen LogP contribution in [0.15, 0.2) is 30.3 Å². The Balaban J connectivity index is 2.31. The van der Waals surface area contributed by atoms with Crippen LogP contribution in [0.3, 0.4) is 0 Å². The Morgan fingerprint density at radius 2 is 1.52 bits per heavy atom. The van der Waals surface area contributed by atoms with E-state index in [0.29, 0.717) is 18.3 Å². The van der Waals surface area contributed by atoms with Crippen LogP contribution >= 0.6 is 0 Å². The van der Waals surface area contributed by atoms with Crippen LogP contribution in [-0.4, -0.2) is 18.4 Å². The minimum Gasteiger partial charge on any atom is -0.303 e. The van der Waals surface area contributed by atoms with Crippen molar-refractivity contribution in [2.24, 2.45) is 5.92 Å². The first-order valence-corrected chi connectivity index (χ1v) is 9.65. The van der Waals surface area contributed by atoms with Gasteiger partial charge in [0.1, 0.15) is 12.1 Å². The van der Waals surface area contributed by atoms with Gasteiger partial charge in [-0.1, -0.05) is 88.6 Å². The van der Waals surface area contributed by atoms with Gasteiger partial charge in [0, 0.05) is 6.42 Å². The topological polar surface area (TPSA) is 51.2 Å². The van der Waals surface area contributed by atoms with Gasteiger partial charge in [0.05, 0.1) is 11.8 Å². The number of aldehydes is 1. The molecule has 0 saturated heterocycles. The molecule has 0 N–H and O–H groups in total. The van der Waals surface area contributed by atoms with E-state index in [-0.39, 0.29) is 5.78 Å². The van der Waals surface area contributed by atoms with Crippen molar-refractivity contribution in [3.63, 3.8) is 0 Å². The van der Waals surface area contributed by atoms with Crippen molar-refractivity contribution in [1.82, 2.24) is 0 Å². The Bertz CT molecular complexity index is 495. The van der Waals surface area contributed by atoms with Crippen molar-refractivity contribution in [3.8, 4) is 0 Å². The van der Waals surface area contributed by atoms with Crippen molar-refractivity contribution in [1.29, 1.82) is 0 Å². The minimum absolute atomic E-state index is 0.168. The smallest absolute Gasteiger partial charge is 0.210 e. The number of rotatable bonds is 15. The van der Waals surface area contributed by atoms with Crippen LogP contribution in [0, 0.1) is 5.92 Å². The summed E-state index contributed by atoms with van der Waals surface area (Å²) in [5.41, 5.74) is 0.700. The second-order valence-electron chi connectivity index (χ2n) is 6.71. The highest BCUT2D eigenvalue weighted by Gasteiger charge is 2.29. The highest BCUT2D eigenvalue weighted by atomic mass is 16.1. The van der Waals surface area contributed by atoms with Crippen molar-refractivity contribution in [2.75, 3.05) is 0 Å². The zero-order valence-corrected chi connectivity index (χ0v) is 15.4. The van der Waals surface area contributed by atoms with Gasteiger partial charge < -0.3 is 4.79 Å². The molecule has 0 aliphatic heterocycles. The summed E-state index contributed by atoms with van der Waals surface area (Å²) in [7, 11) is 0. The quantitative estimate of drug-likeness (QED) is 0.250. The maximum absolute atomic E-state index is 12.3. The lowest BCUT2D eigenvalue weighted by atomic mass is 9.83. The fraction of sp³-hybridized carbons (Fsp3) is 0.591. The molecule has 0 aliphatic rings. The molecule has 0 fully saturated rings. The molecular formula is C22H31O3. The van der Waals surface area contributed by atoms with Crippen LogP contribution in [0.1, 0.15) is 82.6 Å². The van der Waals surface area contributed by atoms with E-state index in [4.69, 9.17) is 0 Å². The van der Waals surface area contributed by atoms with E-state index in [9.17, 15) is 14.4 Å². The SMILES string of the molecule is CCCCCCCCCCCC(=O)C([C]=O)C(C=O)c1ccccc1. The van der Waals surface area contributed by atoms with Crippen LogP contribution in [-0.2, 0) is 14.4 Å². The van der Waals surface area contributed by atoms with Gasteiger partial charge in [-0.25, -0.2) is 0 Å². The van der Waals surface area contributed by atoms with Crippen LogP contribution < -0.4 is 0 Å². The van der Waals surface area contributed by atoms with Crippen molar-refractivity contribution >= 4 is 18.4 Å². The number of ketones is 1. The van der Waals surface area contributed by atoms with E-state index in [0.717, 1.165) is 19.3 Å². The van der Waals surface area contributed by atoms with Gasteiger partial charge >= 0.3 is 0 Å². The van der Waals surface area contributed by atoms with Gasteiger partial charge in [-0.15, -0.1) is 0 Å². The lowest BCUT2D eigenvalue weighted by Crippen LogP contribution is -2.24. The molecule has 0 amide bonds. The van der Waals surface area contributed by atoms with Crippen LogP contribution in [0.5, 0.6) is 0 Å². The van der Waals surface area contributed by atoms with Crippen molar-refractivity contribution in [3.05, 3.63) is 35.9 Å². The summed E-state index contributed by atoms with van der Waals surface area (Å²) in [5, 5.41) is 0. The van der Waals surface area contributed by atoms with E-state index in [1.807, 2.05) is 6.07 Å². The highest BCUT2D eigenvalue weighted by molar-refractivity contribution is 5.97. The molecule has 0 saturated carbocycles. The van der Waals surface area contributed by atoms with Gasteiger partial charge in [0.25, 0.3) is 0 Å². The summed E-state index contributed by atoms with van der Waals surface area (Å²) < 4.78 is 0. The number of Topliss-reactive ketones (excluding diaryl/α,β-unsaturated/α-hetero) is 1. The van der Waals surface area contributed by atoms with E-state index in [1.54, 1.807) is 30.6 Å². The monoisotopic (exact) mass is 343 g/mol. The molecule has 0 aliphatic carbocycles. The average Bonchev–Trinajstić information content (AvgIpc) is 2.65. The fourth-order valence-corrected chi connectivity index (χ4v) is 3.13. The second-order valence-corrected chi connectivity index (χ2v) is 6.71. The van der Waals surface area contributed by atoms with Crippen LogP contribution in [0.25, 0.3) is 0 Å². The summed E-state index contributed by atoms with van der Waals surface area (Å²) in [4.78, 5) is 35.0. The Labute approximate surface area is 152 Å². The molecular weight excluding hydrogens is 312 g/mol. The second kappa shape index (κ2) is 13.5. The molecule has 1 rings (SSSR count). The van der Waals surface area contributed by atoms with E-state index >= 15 is 0 Å². The molecule has 3 nitrogen and oxygen atoms in total. The first-order valence-electron chi connectivity index (χ1n) is 9.65. The maximum Gasteiger partial charge on any atom is 0.210 e. The van der Waals surface area contributed by atoms with Gasteiger partial charge in [-0.05, 0) is 12.0 Å². The third-order valence-corrected chi connectivity index (χ3v) is 4.69. The standard InChI is InChI=1S/C22H31O3/c1-2-3-4-5-6-7-8-9-13-16-22(25)21(18-24)20(17-23)19-14-11-10-12-15-19/h10-12,14-15,17,20-21H,2-9,13,16H2,1H3. The van der Waals surface area contributed by atoms with Gasteiger partial charge in [-0.3, -0.25) is 9.59 Å². The summed E-state index contributed by atoms with van der Waals surface area (Å²) in [6, 6.07) is 9.00. The lowest BCUT2D eigenvalue weighted by molar-refractivity contribution is -0.123. The van der Waals surface area contributed by atoms with Gasteiger partial charge in [-0.2, -0.15) is 0 Å². The number of benzene rings is 1. The summed E-state index contributed by atoms with van der Waals surface area (Å²) in [6.07, 6.45) is 13.4. The molecule has 137 valence electrons. The number of hydrogen-bond acceptors (Lipinski definition) is 3. The molecule has 1 radical (unpaired) electrons. The molecule has 0 aromatic heterocycles. The molecule has 0 spiro atoms. The van der Waals surface area contributed by atoms with Gasteiger partial charge in [0.15, 0.2) is 0 Å². The third kappa shape index (κ3) is 8.24. The van der Waals surface area contributed by atoms with Crippen LogP contribution in [0.2, 0.25) is 0 Å². The number of carbonyl (C=O) groups excluding carboxylic acids is 3. The minimum atomic E-state index is -0.978. The summed E-state index contributed by atoms with van der Waals surface area (Å²) in [6.45, 7) is 2.22. The number of unbranched alkanes of at least 4 members (excludes halogenated alkanes) is 8. The Hall–Kier alpha value is -1.77. The normalized spacial score (nSPS) is 13.2. The molecule has 0 bridgehead atoms. The first-order chi connectivity index (χ1) is 12.2. The summed E-state index contributed by atoms with van der Waals surface area (Å²) >= 11 is 0. The van der Waals surface area contributed by atoms with Gasteiger partial charge in [0.2, 0.25) is 6.29 Å². The predicted molar refractivity (Wildman–Crippen MR) is 101 cm³/mol. The molecule has 3 heteroatoms. The lowest BCUT2D eigenvalue weighted by Gasteiger charge is -2.16. The molecule has 2 atom stereocenters. The number of carbonyl (C=O) groups is 2. The maximum atomic E-state index is 12.3. The van der Waals surface area contributed by atoms with Crippen LogP contribution in [0.4, 0.5) is 0 Å². The molecule has 1 aromatic carbocycles. The molecule has 0 heterocycles. The Kier molecular flexibility index (Phi) is 11.5. The first kappa shape index (κ1) is 21.3. The highest BCUT2D eigenvalue weighted by Crippen LogP contribution is 2.24. The molecule has 25 heavy (non-hydrogen) atoms. The van der Waals surface area contributed by atoms with E-state index < -0.39 is 11.8 Å². The zero-order chi connectivity index (χ0) is 18.3. The Morgan fingerprint density at radius 3 is 2.04 bits per heavy atom. The average molecular weight is 343 g/mol. The molecule has 1 aromatic rings. The third-order valence-electron chi connectivity index (χ3n) is 4.69. The van der Waals surface area contributed by atoms with E-state index in [1.165, 1.54) is 38.5 Å². The largest absolute Gasteiger partial charge is 0.303 e.